The third-order valence-corrected chi connectivity index (χ3v) is 3.20. The van der Waals surface area contributed by atoms with Crippen molar-refractivity contribution >= 4 is 0 Å². The van der Waals surface area contributed by atoms with E-state index in [1.54, 1.807) is 7.11 Å². The standard InChI is InChI=1S/C13H25N3O/c1-6-7-14-12(13(2,3)17-5)8-11-9-15-16(4)10-11/h9-10,12,14H,6-8H2,1-5H3. The van der Waals surface area contributed by atoms with Gasteiger partial charge in [-0.15, -0.1) is 0 Å². The summed E-state index contributed by atoms with van der Waals surface area (Å²) in [5.41, 5.74) is 1.07. The number of aryl methyl sites for hydroxylation is 1. The van der Waals surface area contributed by atoms with Crippen molar-refractivity contribution in [2.45, 2.75) is 45.3 Å². The zero-order valence-electron chi connectivity index (χ0n) is 11.7. The number of rotatable bonds is 7. The Kier molecular flexibility index (Phi) is 5.15. The molecule has 1 N–H and O–H groups in total. The predicted octanol–water partition coefficient (Wildman–Crippen LogP) is 1.76. The molecule has 1 aromatic rings. The van der Waals surface area contributed by atoms with Crippen LogP contribution in [0.2, 0.25) is 0 Å². The molecule has 0 saturated heterocycles. The summed E-state index contributed by atoms with van der Waals surface area (Å²) >= 11 is 0. The molecule has 4 heteroatoms. The molecule has 1 atom stereocenters. The molecule has 0 aliphatic rings. The Morgan fingerprint density at radius 1 is 1.53 bits per heavy atom. The Bertz CT molecular complexity index is 333. The molecule has 1 unspecified atom stereocenters. The summed E-state index contributed by atoms with van der Waals surface area (Å²) in [7, 11) is 3.71. The van der Waals surface area contributed by atoms with Gasteiger partial charge in [0.2, 0.25) is 0 Å². The number of ether oxygens (including phenoxy) is 1. The molecule has 0 fully saturated rings. The van der Waals surface area contributed by atoms with Gasteiger partial charge >= 0.3 is 0 Å². The van der Waals surface area contributed by atoms with Crippen LogP contribution in [0.3, 0.4) is 0 Å². The number of hydrogen-bond donors (Lipinski definition) is 1. The fraction of sp³-hybridized carbons (Fsp3) is 0.769. The molecule has 1 rings (SSSR count). The summed E-state index contributed by atoms with van der Waals surface area (Å²) in [5.74, 6) is 0. The van der Waals surface area contributed by atoms with Crippen molar-refractivity contribution in [1.29, 1.82) is 0 Å². The van der Waals surface area contributed by atoms with Gasteiger partial charge < -0.3 is 10.1 Å². The summed E-state index contributed by atoms with van der Waals surface area (Å²) in [4.78, 5) is 0. The summed E-state index contributed by atoms with van der Waals surface area (Å²) in [5, 5.41) is 7.76. The molecule has 0 spiro atoms. The molecular weight excluding hydrogens is 214 g/mol. The van der Waals surface area contributed by atoms with E-state index in [2.05, 4.69) is 37.4 Å². The molecule has 0 saturated carbocycles. The highest BCUT2D eigenvalue weighted by Crippen LogP contribution is 2.18. The van der Waals surface area contributed by atoms with E-state index in [9.17, 15) is 0 Å². The Labute approximate surface area is 104 Å². The molecule has 1 aromatic heterocycles. The minimum absolute atomic E-state index is 0.176. The lowest BCUT2D eigenvalue weighted by atomic mass is 9.93. The largest absolute Gasteiger partial charge is 0.377 e. The maximum absolute atomic E-state index is 5.59. The number of hydrogen-bond acceptors (Lipinski definition) is 3. The van der Waals surface area contributed by atoms with E-state index in [-0.39, 0.29) is 5.60 Å². The molecule has 4 nitrogen and oxygen atoms in total. The van der Waals surface area contributed by atoms with Crippen molar-refractivity contribution in [2.24, 2.45) is 7.05 Å². The second-order valence-corrected chi connectivity index (χ2v) is 5.04. The van der Waals surface area contributed by atoms with Crippen LogP contribution >= 0.6 is 0 Å². The van der Waals surface area contributed by atoms with Crippen molar-refractivity contribution in [3.8, 4) is 0 Å². The van der Waals surface area contributed by atoms with Crippen LogP contribution in [0.5, 0.6) is 0 Å². The fourth-order valence-electron chi connectivity index (χ4n) is 1.84. The lowest BCUT2D eigenvalue weighted by Crippen LogP contribution is -2.49. The maximum Gasteiger partial charge on any atom is 0.0778 e. The second kappa shape index (κ2) is 6.17. The Morgan fingerprint density at radius 3 is 2.71 bits per heavy atom. The number of nitrogens with one attached hydrogen (secondary N) is 1. The minimum Gasteiger partial charge on any atom is -0.377 e. The van der Waals surface area contributed by atoms with E-state index >= 15 is 0 Å². The minimum atomic E-state index is -0.176. The van der Waals surface area contributed by atoms with Gasteiger partial charge in [-0.2, -0.15) is 5.10 Å². The van der Waals surface area contributed by atoms with E-state index in [0.29, 0.717) is 6.04 Å². The van der Waals surface area contributed by atoms with E-state index < -0.39 is 0 Å². The molecule has 0 radical (unpaired) electrons. The highest BCUT2D eigenvalue weighted by molar-refractivity contribution is 5.08. The average Bonchev–Trinajstić information content (AvgIpc) is 2.70. The van der Waals surface area contributed by atoms with Crippen LogP contribution in [-0.4, -0.2) is 35.1 Å². The van der Waals surface area contributed by atoms with Gasteiger partial charge in [0.15, 0.2) is 0 Å². The number of aromatic nitrogens is 2. The van der Waals surface area contributed by atoms with E-state index in [1.165, 1.54) is 5.56 Å². The summed E-state index contributed by atoms with van der Waals surface area (Å²) < 4.78 is 7.43. The van der Waals surface area contributed by atoms with Crippen molar-refractivity contribution in [3.63, 3.8) is 0 Å². The lowest BCUT2D eigenvalue weighted by molar-refractivity contribution is -0.00998. The highest BCUT2D eigenvalue weighted by Gasteiger charge is 2.29. The van der Waals surface area contributed by atoms with E-state index in [0.717, 1.165) is 19.4 Å². The van der Waals surface area contributed by atoms with Gasteiger partial charge in [0.1, 0.15) is 0 Å². The predicted molar refractivity (Wildman–Crippen MR) is 70.1 cm³/mol. The highest BCUT2D eigenvalue weighted by atomic mass is 16.5. The summed E-state index contributed by atoms with van der Waals surface area (Å²) in [6, 6.07) is 0.302. The zero-order valence-corrected chi connectivity index (χ0v) is 11.7. The maximum atomic E-state index is 5.59. The first kappa shape index (κ1) is 14.2. The van der Waals surface area contributed by atoms with Crippen LogP contribution in [0.1, 0.15) is 32.8 Å². The van der Waals surface area contributed by atoms with Gasteiger partial charge in [-0.3, -0.25) is 4.68 Å². The molecule has 0 aliphatic carbocycles. The Hall–Kier alpha value is -0.870. The lowest BCUT2D eigenvalue weighted by Gasteiger charge is -2.33. The number of methoxy groups -OCH3 is 1. The molecule has 0 bridgehead atoms. The SMILES string of the molecule is CCCNC(Cc1cnn(C)c1)C(C)(C)OC. The quantitative estimate of drug-likeness (QED) is 0.788. The molecule has 0 aliphatic heterocycles. The van der Waals surface area contributed by atoms with Crippen molar-refractivity contribution in [1.82, 2.24) is 15.1 Å². The van der Waals surface area contributed by atoms with Crippen LogP contribution in [0.4, 0.5) is 0 Å². The van der Waals surface area contributed by atoms with Crippen LogP contribution in [-0.2, 0) is 18.2 Å². The third-order valence-electron chi connectivity index (χ3n) is 3.20. The van der Waals surface area contributed by atoms with Gasteiger partial charge in [-0.05, 0) is 38.8 Å². The Balaban J connectivity index is 2.69. The topological polar surface area (TPSA) is 39.1 Å². The molecule has 0 aromatic carbocycles. The first-order valence-corrected chi connectivity index (χ1v) is 6.25. The van der Waals surface area contributed by atoms with Crippen LogP contribution in [0, 0.1) is 0 Å². The van der Waals surface area contributed by atoms with Gasteiger partial charge in [0.05, 0.1) is 11.8 Å². The molecule has 98 valence electrons. The Morgan fingerprint density at radius 2 is 2.24 bits per heavy atom. The molecule has 1 heterocycles. The van der Waals surface area contributed by atoms with Crippen LogP contribution in [0.25, 0.3) is 0 Å². The van der Waals surface area contributed by atoms with Crippen LogP contribution < -0.4 is 5.32 Å². The molecule has 17 heavy (non-hydrogen) atoms. The second-order valence-electron chi connectivity index (χ2n) is 5.04. The normalized spacial score (nSPS) is 13.9. The smallest absolute Gasteiger partial charge is 0.0778 e. The van der Waals surface area contributed by atoms with Gasteiger partial charge in [-0.25, -0.2) is 0 Å². The molecular formula is C13H25N3O. The first-order chi connectivity index (χ1) is 7.99. The van der Waals surface area contributed by atoms with Gasteiger partial charge in [0, 0.05) is 26.4 Å². The monoisotopic (exact) mass is 239 g/mol. The summed E-state index contributed by atoms with van der Waals surface area (Å²) in [6.45, 7) is 7.43. The van der Waals surface area contributed by atoms with Crippen molar-refractivity contribution < 1.29 is 4.74 Å². The van der Waals surface area contributed by atoms with Gasteiger partial charge in [-0.1, -0.05) is 6.92 Å². The molecule has 0 amide bonds. The van der Waals surface area contributed by atoms with Crippen molar-refractivity contribution in [3.05, 3.63) is 18.0 Å². The summed E-state index contributed by atoms with van der Waals surface area (Å²) in [6.07, 6.45) is 6.05. The number of nitrogens with zero attached hydrogens (tertiary/aromatic N) is 2. The average molecular weight is 239 g/mol. The third kappa shape index (κ3) is 4.13. The van der Waals surface area contributed by atoms with E-state index in [1.807, 2.05) is 17.9 Å². The fourth-order valence-corrected chi connectivity index (χ4v) is 1.84. The van der Waals surface area contributed by atoms with E-state index in [4.69, 9.17) is 4.74 Å². The zero-order chi connectivity index (χ0) is 12.9. The van der Waals surface area contributed by atoms with Crippen molar-refractivity contribution in [2.75, 3.05) is 13.7 Å². The van der Waals surface area contributed by atoms with Gasteiger partial charge in [0.25, 0.3) is 0 Å². The first-order valence-electron chi connectivity index (χ1n) is 6.25. The van der Waals surface area contributed by atoms with Crippen LogP contribution in [0.15, 0.2) is 12.4 Å².